The third kappa shape index (κ3) is 10.1. The van der Waals surface area contributed by atoms with Crippen molar-refractivity contribution >= 4 is 23.6 Å². The molecule has 0 aliphatic rings. The normalized spacial score (nSPS) is 14.1. The lowest BCUT2D eigenvalue weighted by Crippen LogP contribution is -2.42. The van der Waals surface area contributed by atoms with Gasteiger partial charge < -0.3 is 20.3 Å². The number of hydrogen-bond donors (Lipinski definition) is 3. The van der Waals surface area contributed by atoms with Gasteiger partial charge in [-0.3, -0.25) is 9.59 Å². The Morgan fingerprint density at radius 3 is 2.59 bits per heavy atom. The molecule has 0 heterocycles. The number of rotatable bonds is 9. The highest BCUT2D eigenvalue weighted by Crippen LogP contribution is 2.07. The Morgan fingerprint density at radius 1 is 1.41 bits per heavy atom. The van der Waals surface area contributed by atoms with Gasteiger partial charge in [0.2, 0.25) is 5.91 Å². The van der Waals surface area contributed by atoms with E-state index in [-0.39, 0.29) is 24.0 Å². The van der Waals surface area contributed by atoms with Gasteiger partial charge in [0.15, 0.2) is 0 Å². The summed E-state index contributed by atoms with van der Waals surface area (Å²) < 4.78 is 4.83. The number of nitrogens with one attached hydrogen (secondary N) is 1. The summed E-state index contributed by atoms with van der Waals surface area (Å²) >= 11 is 1.02. The number of carboxylic acids is 1. The van der Waals surface area contributed by atoms with E-state index in [1.807, 2.05) is 0 Å². The Bertz CT molecular complexity index is 257. The number of aliphatic carboxylic acids is 1. The van der Waals surface area contributed by atoms with Crippen molar-refractivity contribution in [3.05, 3.63) is 0 Å². The molecule has 0 bridgehead atoms. The Kier molecular flexibility index (Phi) is 7.94. The van der Waals surface area contributed by atoms with Crippen LogP contribution in [0.1, 0.15) is 13.3 Å². The molecular weight excluding hydrogens is 246 g/mol. The Labute approximate surface area is 105 Å². The highest BCUT2D eigenvalue weighted by molar-refractivity contribution is 8.00. The zero-order valence-corrected chi connectivity index (χ0v) is 10.9. The number of methoxy groups -OCH3 is 1. The third-order valence-corrected chi connectivity index (χ3v) is 2.89. The minimum Gasteiger partial charge on any atom is -0.481 e. The van der Waals surface area contributed by atoms with Crippen molar-refractivity contribution in [1.82, 2.24) is 5.32 Å². The number of hydrogen-bond acceptors (Lipinski definition) is 5. The lowest BCUT2D eigenvalue weighted by molar-refractivity contribution is -0.133. The van der Waals surface area contributed by atoms with Crippen LogP contribution < -0.4 is 5.32 Å². The molecule has 0 radical (unpaired) electrons. The molecule has 0 aromatic heterocycles. The average molecular weight is 265 g/mol. The van der Waals surface area contributed by atoms with Crippen LogP contribution in [0, 0.1) is 0 Å². The number of thioether (sulfide) groups is 1. The quantitative estimate of drug-likeness (QED) is 0.530. The minimum atomic E-state index is -1.01. The number of aliphatic hydroxyl groups is 1. The fourth-order valence-corrected chi connectivity index (χ4v) is 1.55. The molecule has 17 heavy (non-hydrogen) atoms. The maximum atomic E-state index is 11.3. The number of carbonyl (C=O) groups is 2. The van der Waals surface area contributed by atoms with E-state index >= 15 is 0 Å². The van der Waals surface area contributed by atoms with Gasteiger partial charge in [0.25, 0.3) is 0 Å². The van der Waals surface area contributed by atoms with E-state index in [0.29, 0.717) is 13.0 Å². The smallest absolute Gasteiger partial charge is 0.313 e. The summed E-state index contributed by atoms with van der Waals surface area (Å²) in [5.41, 5.74) is -1.01. The molecule has 0 aliphatic heterocycles. The van der Waals surface area contributed by atoms with Crippen LogP contribution >= 0.6 is 11.8 Å². The van der Waals surface area contributed by atoms with Gasteiger partial charge in [-0.15, -0.1) is 11.8 Å². The molecule has 0 aliphatic carbocycles. The maximum absolute atomic E-state index is 11.3. The maximum Gasteiger partial charge on any atom is 0.313 e. The second-order valence-electron chi connectivity index (χ2n) is 3.90. The number of amides is 1. The third-order valence-electron chi connectivity index (χ3n) is 1.97. The van der Waals surface area contributed by atoms with Crippen LogP contribution in [-0.2, 0) is 14.3 Å². The molecule has 0 saturated heterocycles. The van der Waals surface area contributed by atoms with Crippen molar-refractivity contribution in [2.75, 3.05) is 31.8 Å². The van der Waals surface area contributed by atoms with E-state index < -0.39 is 11.6 Å². The van der Waals surface area contributed by atoms with Crippen molar-refractivity contribution in [3.8, 4) is 0 Å². The molecule has 0 saturated carbocycles. The lowest BCUT2D eigenvalue weighted by atomic mass is 10.0. The largest absolute Gasteiger partial charge is 0.481 e. The van der Waals surface area contributed by atoms with Crippen LogP contribution in [-0.4, -0.2) is 59.5 Å². The second-order valence-corrected chi connectivity index (χ2v) is 4.89. The summed E-state index contributed by atoms with van der Waals surface area (Å²) in [6, 6.07) is 0. The number of ether oxygens (including phenoxy) is 1. The first-order chi connectivity index (χ1) is 7.87. The standard InChI is InChI=1S/C10H19NO5S/c1-10(15,3-4-16-2)7-11-8(12)5-17-6-9(13)14/h15H,3-7H2,1-2H3,(H,11,12)(H,13,14). The predicted molar refractivity (Wildman–Crippen MR) is 65.1 cm³/mol. The Hall–Kier alpha value is -0.790. The zero-order valence-electron chi connectivity index (χ0n) is 10.1. The Morgan fingerprint density at radius 2 is 2.06 bits per heavy atom. The molecule has 1 unspecified atom stereocenters. The summed E-state index contributed by atoms with van der Waals surface area (Å²) in [6.45, 7) is 2.15. The summed E-state index contributed by atoms with van der Waals surface area (Å²) in [6.07, 6.45) is 0.423. The van der Waals surface area contributed by atoms with Gasteiger partial charge in [-0.25, -0.2) is 0 Å². The predicted octanol–water partition coefficient (Wildman–Crippen LogP) is -0.292. The summed E-state index contributed by atoms with van der Waals surface area (Å²) in [5.74, 6) is -1.26. The second kappa shape index (κ2) is 8.32. The van der Waals surface area contributed by atoms with Gasteiger partial charge >= 0.3 is 5.97 Å². The van der Waals surface area contributed by atoms with Crippen LogP contribution in [0.15, 0.2) is 0 Å². The molecule has 0 rings (SSSR count). The molecule has 6 nitrogen and oxygen atoms in total. The van der Waals surface area contributed by atoms with E-state index in [2.05, 4.69) is 5.32 Å². The SMILES string of the molecule is COCCC(C)(O)CNC(=O)CSCC(=O)O. The van der Waals surface area contributed by atoms with Gasteiger partial charge in [0, 0.05) is 26.7 Å². The summed E-state index contributed by atoms with van der Waals surface area (Å²) in [7, 11) is 1.54. The van der Waals surface area contributed by atoms with Gasteiger partial charge in [-0.2, -0.15) is 0 Å². The first-order valence-corrected chi connectivity index (χ1v) is 6.30. The first kappa shape index (κ1) is 16.2. The molecule has 7 heteroatoms. The first-order valence-electron chi connectivity index (χ1n) is 5.15. The van der Waals surface area contributed by atoms with Gasteiger partial charge in [0.1, 0.15) is 0 Å². The molecule has 100 valence electrons. The van der Waals surface area contributed by atoms with E-state index in [9.17, 15) is 14.7 Å². The average Bonchev–Trinajstić information content (AvgIpc) is 2.23. The molecule has 0 spiro atoms. The van der Waals surface area contributed by atoms with Crippen LogP contribution in [0.2, 0.25) is 0 Å². The van der Waals surface area contributed by atoms with E-state index in [1.165, 1.54) is 7.11 Å². The van der Waals surface area contributed by atoms with Crippen molar-refractivity contribution in [3.63, 3.8) is 0 Å². The highest BCUT2D eigenvalue weighted by Gasteiger charge is 2.20. The minimum absolute atomic E-state index is 0.0760. The monoisotopic (exact) mass is 265 g/mol. The molecule has 3 N–H and O–H groups in total. The topological polar surface area (TPSA) is 95.9 Å². The summed E-state index contributed by atoms with van der Waals surface area (Å²) in [4.78, 5) is 21.5. The fourth-order valence-electron chi connectivity index (χ4n) is 0.981. The lowest BCUT2D eigenvalue weighted by Gasteiger charge is -2.23. The van der Waals surface area contributed by atoms with Gasteiger partial charge in [0.05, 0.1) is 17.1 Å². The summed E-state index contributed by atoms with van der Waals surface area (Å²) in [5, 5.41) is 20.7. The van der Waals surface area contributed by atoms with E-state index in [0.717, 1.165) is 11.8 Å². The molecule has 0 aromatic rings. The molecule has 0 aromatic carbocycles. The molecule has 0 fully saturated rings. The van der Waals surface area contributed by atoms with Crippen molar-refractivity contribution in [1.29, 1.82) is 0 Å². The van der Waals surface area contributed by atoms with Crippen LogP contribution in [0.4, 0.5) is 0 Å². The van der Waals surface area contributed by atoms with E-state index in [4.69, 9.17) is 9.84 Å². The molecule has 1 atom stereocenters. The van der Waals surface area contributed by atoms with Crippen molar-refractivity contribution in [2.24, 2.45) is 0 Å². The molecular formula is C10H19NO5S. The Balaban J connectivity index is 3.71. The zero-order chi connectivity index (χ0) is 13.3. The van der Waals surface area contributed by atoms with Crippen molar-refractivity contribution < 1.29 is 24.5 Å². The van der Waals surface area contributed by atoms with Gasteiger partial charge in [-0.1, -0.05) is 0 Å². The van der Waals surface area contributed by atoms with Crippen LogP contribution in [0.3, 0.4) is 0 Å². The number of carbonyl (C=O) groups excluding carboxylic acids is 1. The van der Waals surface area contributed by atoms with Crippen molar-refractivity contribution in [2.45, 2.75) is 18.9 Å². The van der Waals surface area contributed by atoms with Gasteiger partial charge in [-0.05, 0) is 6.92 Å². The highest BCUT2D eigenvalue weighted by atomic mass is 32.2. The molecule has 1 amide bonds. The number of carboxylic acid groups (broad SMARTS) is 1. The van der Waals surface area contributed by atoms with Crippen LogP contribution in [0.25, 0.3) is 0 Å². The van der Waals surface area contributed by atoms with Crippen LogP contribution in [0.5, 0.6) is 0 Å². The fraction of sp³-hybridized carbons (Fsp3) is 0.800. The van der Waals surface area contributed by atoms with E-state index in [1.54, 1.807) is 6.92 Å².